The van der Waals surface area contributed by atoms with Gasteiger partial charge in [0.2, 0.25) is 5.88 Å². The maximum absolute atomic E-state index is 8.64. The van der Waals surface area contributed by atoms with Gasteiger partial charge in [0.1, 0.15) is 17.9 Å². The van der Waals surface area contributed by atoms with Crippen LogP contribution in [0.2, 0.25) is 0 Å². The molecule has 0 spiro atoms. The smallest absolute Gasteiger partial charge is 0.214 e. The van der Waals surface area contributed by atoms with Gasteiger partial charge in [0.15, 0.2) is 0 Å². The fraction of sp³-hybridized carbons (Fsp3) is 0.400. The molecular weight excluding hydrogens is 178 g/mol. The molecule has 0 aromatic carbocycles. The first-order valence-electron chi connectivity index (χ1n) is 4.63. The average molecular weight is 189 g/mol. The molecule has 1 saturated heterocycles. The van der Waals surface area contributed by atoms with Gasteiger partial charge < -0.3 is 10.1 Å². The summed E-state index contributed by atoms with van der Waals surface area (Å²) in [4.78, 5) is 4.04. The zero-order chi connectivity index (χ0) is 9.80. The third-order valence-electron chi connectivity index (χ3n) is 2.14. The molecule has 0 bridgehead atoms. The number of rotatable bonds is 2. The van der Waals surface area contributed by atoms with Gasteiger partial charge in [0.25, 0.3) is 0 Å². The summed E-state index contributed by atoms with van der Waals surface area (Å²) in [6.07, 6.45) is 1.19. The highest BCUT2D eigenvalue weighted by molar-refractivity contribution is 5.24. The molecule has 1 aromatic rings. The quantitative estimate of drug-likeness (QED) is 0.743. The molecular formula is C10H11N3O. The van der Waals surface area contributed by atoms with Gasteiger partial charge in [-0.2, -0.15) is 5.26 Å². The second-order valence-corrected chi connectivity index (χ2v) is 3.21. The second kappa shape index (κ2) is 4.07. The number of hydrogen-bond donors (Lipinski definition) is 1. The Morgan fingerprint density at radius 3 is 3.21 bits per heavy atom. The first-order valence-corrected chi connectivity index (χ1v) is 4.63. The molecule has 1 aromatic heterocycles. The minimum absolute atomic E-state index is 0.191. The van der Waals surface area contributed by atoms with Crippen LogP contribution < -0.4 is 10.1 Å². The average Bonchev–Trinajstić information content (AvgIpc) is 2.71. The Morgan fingerprint density at radius 2 is 2.50 bits per heavy atom. The summed E-state index contributed by atoms with van der Waals surface area (Å²) in [7, 11) is 0. The summed E-state index contributed by atoms with van der Waals surface area (Å²) in [5.41, 5.74) is 0.397. The van der Waals surface area contributed by atoms with Gasteiger partial charge in [-0.15, -0.1) is 0 Å². The van der Waals surface area contributed by atoms with Crippen molar-refractivity contribution in [1.82, 2.24) is 10.3 Å². The molecule has 4 heteroatoms. The standard InChI is InChI=1S/C10H11N3O/c11-6-8-2-1-3-10(13-8)14-9-4-5-12-7-9/h1-3,9,12H,4-5,7H2/t9-/m1/s1. The van der Waals surface area contributed by atoms with E-state index in [0.717, 1.165) is 19.5 Å². The molecule has 2 rings (SSSR count). The summed E-state index contributed by atoms with van der Waals surface area (Å²) < 4.78 is 5.59. The molecule has 0 unspecified atom stereocenters. The Kier molecular flexibility index (Phi) is 2.61. The van der Waals surface area contributed by atoms with Crippen LogP contribution in [-0.2, 0) is 0 Å². The highest BCUT2D eigenvalue weighted by atomic mass is 16.5. The van der Waals surface area contributed by atoms with E-state index in [-0.39, 0.29) is 6.10 Å². The molecule has 1 atom stereocenters. The normalized spacial score (nSPS) is 20.4. The van der Waals surface area contributed by atoms with Gasteiger partial charge in [-0.1, -0.05) is 6.07 Å². The van der Waals surface area contributed by atoms with Crippen molar-refractivity contribution in [3.05, 3.63) is 23.9 Å². The Bertz CT molecular complexity index is 353. The predicted molar refractivity (Wildman–Crippen MR) is 50.9 cm³/mol. The van der Waals surface area contributed by atoms with E-state index in [2.05, 4.69) is 10.3 Å². The van der Waals surface area contributed by atoms with Crippen molar-refractivity contribution in [3.8, 4) is 11.9 Å². The number of nitriles is 1. The van der Waals surface area contributed by atoms with Crippen LogP contribution in [0.4, 0.5) is 0 Å². The van der Waals surface area contributed by atoms with Gasteiger partial charge in [-0.3, -0.25) is 0 Å². The van der Waals surface area contributed by atoms with E-state index in [1.807, 2.05) is 6.07 Å². The third kappa shape index (κ3) is 2.01. The van der Waals surface area contributed by atoms with Crippen LogP contribution in [0, 0.1) is 11.3 Å². The molecule has 0 aliphatic carbocycles. The van der Waals surface area contributed by atoms with Crippen LogP contribution in [0.1, 0.15) is 12.1 Å². The first-order chi connectivity index (χ1) is 6.88. The number of aromatic nitrogens is 1. The zero-order valence-corrected chi connectivity index (χ0v) is 7.73. The van der Waals surface area contributed by atoms with Crippen molar-refractivity contribution < 1.29 is 4.74 Å². The Labute approximate surface area is 82.5 Å². The van der Waals surface area contributed by atoms with Crippen LogP contribution in [0.5, 0.6) is 5.88 Å². The summed E-state index contributed by atoms with van der Waals surface area (Å²) in [5, 5.41) is 11.8. The van der Waals surface area contributed by atoms with Gasteiger partial charge in [0.05, 0.1) is 0 Å². The number of pyridine rings is 1. The molecule has 4 nitrogen and oxygen atoms in total. The van der Waals surface area contributed by atoms with Crippen molar-refractivity contribution >= 4 is 0 Å². The van der Waals surface area contributed by atoms with Crippen molar-refractivity contribution in [1.29, 1.82) is 5.26 Å². The number of hydrogen-bond acceptors (Lipinski definition) is 4. The van der Waals surface area contributed by atoms with E-state index in [4.69, 9.17) is 10.00 Å². The summed E-state index contributed by atoms with van der Waals surface area (Å²) in [6, 6.07) is 7.21. The lowest BCUT2D eigenvalue weighted by atomic mass is 10.3. The van der Waals surface area contributed by atoms with Crippen LogP contribution in [0.3, 0.4) is 0 Å². The molecule has 1 fully saturated rings. The number of ether oxygens (including phenoxy) is 1. The minimum Gasteiger partial charge on any atom is -0.473 e. The molecule has 0 radical (unpaired) electrons. The summed E-state index contributed by atoms with van der Waals surface area (Å²) in [6.45, 7) is 1.85. The van der Waals surface area contributed by atoms with Crippen molar-refractivity contribution in [2.75, 3.05) is 13.1 Å². The summed E-state index contributed by atoms with van der Waals surface area (Å²) >= 11 is 0. The molecule has 14 heavy (non-hydrogen) atoms. The Hall–Kier alpha value is -1.60. The van der Waals surface area contributed by atoms with Gasteiger partial charge >= 0.3 is 0 Å². The molecule has 2 heterocycles. The lowest BCUT2D eigenvalue weighted by molar-refractivity contribution is 0.214. The van der Waals surface area contributed by atoms with E-state index in [9.17, 15) is 0 Å². The number of nitrogens with one attached hydrogen (secondary N) is 1. The minimum atomic E-state index is 0.191. The largest absolute Gasteiger partial charge is 0.473 e. The van der Waals surface area contributed by atoms with E-state index < -0.39 is 0 Å². The molecule has 0 amide bonds. The Morgan fingerprint density at radius 1 is 1.57 bits per heavy atom. The van der Waals surface area contributed by atoms with Crippen LogP contribution in [-0.4, -0.2) is 24.2 Å². The zero-order valence-electron chi connectivity index (χ0n) is 7.73. The molecule has 0 saturated carbocycles. The monoisotopic (exact) mass is 189 g/mol. The highest BCUT2D eigenvalue weighted by Crippen LogP contribution is 2.12. The lowest BCUT2D eigenvalue weighted by Gasteiger charge is -2.10. The highest BCUT2D eigenvalue weighted by Gasteiger charge is 2.16. The molecule has 1 N–H and O–H groups in total. The van der Waals surface area contributed by atoms with Crippen LogP contribution in [0.25, 0.3) is 0 Å². The van der Waals surface area contributed by atoms with E-state index >= 15 is 0 Å². The van der Waals surface area contributed by atoms with Crippen LogP contribution >= 0.6 is 0 Å². The Balaban J connectivity index is 2.05. The summed E-state index contributed by atoms with van der Waals surface area (Å²) in [5.74, 6) is 0.540. The van der Waals surface area contributed by atoms with Crippen molar-refractivity contribution in [2.24, 2.45) is 0 Å². The van der Waals surface area contributed by atoms with Gasteiger partial charge in [-0.25, -0.2) is 4.98 Å². The van der Waals surface area contributed by atoms with E-state index in [0.29, 0.717) is 11.6 Å². The lowest BCUT2D eigenvalue weighted by Crippen LogP contribution is -2.20. The number of nitrogens with zero attached hydrogens (tertiary/aromatic N) is 2. The molecule has 1 aliphatic rings. The van der Waals surface area contributed by atoms with Gasteiger partial charge in [-0.05, 0) is 19.0 Å². The predicted octanol–water partition coefficient (Wildman–Crippen LogP) is 0.694. The fourth-order valence-corrected chi connectivity index (χ4v) is 1.44. The molecule has 72 valence electrons. The van der Waals surface area contributed by atoms with Crippen molar-refractivity contribution in [2.45, 2.75) is 12.5 Å². The topological polar surface area (TPSA) is 57.9 Å². The second-order valence-electron chi connectivity index (χ2n) is 3.21. The fourth-order valence-electron chi connectivity index (χ4n) is 1.44. The van der Waals surface area contributed by atoms with Crippen molar-refractivity contribution in [3.63, 3.8) is 0 Å². The molecule has 1 aliphatic heterocycles. The van der Waals surface area contributed by atoms with E-state index in [1.54, 1.807) is 18.2 Å². The van der Waals surface area contributed by atoms with Gasteiger partial charge in [0, 0.05) is 12.6 Å². The first kappa shape index (κ1) is 8.97. The van der Waals surface area contributed by atoms with Crippen LogP contribution in [0.15, 0.2) is 18.2 Å². The SMILES string of the molecule is N#Cc1cccc(O[C@@H]2CCNC2)n1. The maximum atomic E-state index is 8.64. The van der Waals surface area contributed by atoms with E-state index in [1.165, 1.54) is 0 Å². The third-order valence-corrected chi connectivity index (χ3v) is 2.14. The maximum Gasteiger partial charge on any atom is 0.214 e.